The van der Waals surface area contributed by atoms with Gasteiger partial charge in [0.2, 0.25) is 5.91 Å². The Morgan fingerprint density at radius 2 is 1.74 bits per heavy atom. The van der Waals surface area contributed by atoms with Gasteiger partial charge in [-0.25, -0.2) is 0 Å². The average Bonchev–Trinajstić information content (AvgIpc) is 2.76. The number of amides is 2. The van der Waals surface area contributed by atoms with Gasteiger partial charge in [-0.3, -0.25) is 20.0 Å². The predicted octanol–water partition coefficient (Wildman–Crippen LogP) is 2.66. The van der Waals surface area contributed by atoms with Gasteiger partial charge in [-0.2, -0.15) is 0 Å². The van der Waals surface area contributed by atoms with Gasteiger partial charge in [0.15, 0.2) is 0 Å². The monoisotopic (exact) mass is 436 g/mol. The summed E-state index contributed by atoms with van der Waals surface area (Å²) >= 11 is 5.95. The second kappa shape index (κ2) is 9.73. The van der Waals surface area contributed by atoms with Crippen LogP contribution in [0.2, 0.25) is 5.02 Å². The van der Waals surface area contributed by atoms with Gasteiger partial charge in [0.25, 0.3) is 5.91 Å². The number of pyridine rings is 1. The Balaban J connectivity index is 1.74. The molecule has 3 aromatic rings. The van der Waals surface area contributed by atoms with Crippen molar-refractivity contribution < 1.29 is 9.59 Å². The van der Waals surface area contributed by atoms with Crippen molar-refractivity contribution >= 4 is 34.9 Å². The summed E-state index contributed by atoms with van der Waals surface area (Å²) in [6.45, 7) is 0.607. The van der Waals surface area contributed by atoms with E-state index in [1.165, 1.54) is 6.20 Å². The minimum Gasteiger partial charge on any atom is -0.384 e. The molecule has 0 radical (unpaired) electrons. The Bertz CT molecular complexity index is 1130. The van der Waals surface area contributed by atoms with Crippen LogP contribution in [-0.2, 0) is 13.1 Å². The van der Waals surface area contributed by atoms with Crippen molar-refractivity contribution in [2.24, 2.45) is 11.5 Å². The second-order valence-electron chi connectivity index (χ2n) is 6.73. The van der Waals surface area contributed by atoms with Crippen LogP contribution >= 0.6 is 11.6 Å². The molecule has 0 atom stereocenters. The van der Waals surface area contributed by atoms with E-state index in [0.717, 1.165) is 5.56 Å². The van der Waals surface area contributed by atoms with Gasteiger partial charge in [-0.05, 0) is 42.0 Å². The molecule has 0 saturated heterocycles. The number of carbonyl (C=O) groups is 2. The van der Waals surface area contributed by atoms with Crippen LogP contribution in [0.5, 0.6) is 0 Å². The van der Waals surface area contributed by atoms with E-state index in [2.05, 4.69) is 15.6 Å². The van der Waals surface area contributed by atoms with Crippen molar-refractivity contribution in [1.29, 1.82) is 5.41 Å². The summed E-state index contributed by atoms with van der Waals surface area (Å²) in [6.07, 6.45) is 1.41. The van der Waals surface area contributed by atoms with Gasteiger partial charge in [-0.1, -0.05) is 29.8 Å². The van der Waals surface area contributed by atoms with Crippen LogP contribution < -0.4 is 22.1 Å². The number of anilines is 1. The highest BCUT2D eigenvalue weighted by atomic mass is 35.5. The first kappa shape index (κ1) is 21.8. The summed E-state index contributed by atoms with van der Waals surface area (Å²) in [5.74, 6) is -0.867. The molecule has 1 heterocycles. The number of nitrogens with two attached hydrogens (primary N) is 2. The maximum absolute atomic E-state index is 12.4. The first-order valence-corrected chi connectivity index (χ1v) is 9.71. The average molecular weight is 437 g/mol. The molecule has 1 aromatic heterocycles. The number of nitrogens with zero attached hydrogens (tertiary/aromatic N) is 1. The predicted molar refractivity (Wildman–Crippen MR) is 120 cm³/mol. The molecule has 0 saturated carbocycles. The van der Waals surface area contributed by atoms with Gasteiger partial charge in [0.05, 0.1) is 17.8 Å². The summed E-state index contributed by atoms with van der Waals surface area (Å²) in [6, 6.07) is 15.2. The number of amidine groups is 1. The Morgan fingerprint density at radius 1 is 0.968 bits per heavy atom. The van der Waals surface area contributed by atoms with Crippen LogP contribution in [0, 0.1) is 5.41 Å². The van der Waals surface area contributed by atoms with Crippen LogP contribution in [0.15, 0.2) is 60.8 Å². The molecular weight excluding hydrogens is 416 g/mol. The molecule has 0 aliphatic heterocycles. The number of halogens is 1. The Labute approximate surface area is 184 Å². The molecule has 0 spiro atoms. The minimum absolute atomic E-state index is 0.0681. The van der Waals surface area contributed by atoms with E-state index in [9.17, 15) is 9.59 Å². The van der Waals surface area contributed by atoms with E-state index in [1.807, 2.05) is 0 Å². The van der Waals surface area contributed by atoms with E-state index >= 15 is 0 Å². The quantitative estimate of drug-likeness (QED) is 0.272. The third-order valence-electron chi connectivity index (χ3n) is 4.52. The van der Waals surface area contributed by atoms with Crippen LogP contribution in [0.4, 0.5) is 5.69 Å². The molecule has 0 aliphatic rings. The summed E-state index contributed by atoms with van der Waals surface area (Å²) in [5.41, 5.74) is 14.4. The molecule has 0 bridgehead atoms. The highest BCUT2D eigenvalue weighted by Crippen LogP contribution is 2.19. The van der Waals surface area contributed by atoms with Gasteiger partial charge in [0.1, 0.15) is 5.84 Å². The van der Waals surface area contributed by atoms with E-state index < -0.39 is 5.91 Å². The lowest BCUT2D eigenvalue weighted by atomic mass is 10.1. The number of nitrogen functional groups attached to an aromatic ring is 1. The van der Waals surface area contributed by atoms with Crippen molar-refractivity contribution in [2.75, 3.05) is 5.32 Å². The third-order valence-corrected chi connectivity index (χ3v) is 4.75. The van der Waals surface area contributed by atoms with E-state index in [1.54, 1.807) is 54.6 Å². The first-order valence-electron chi connectivity index (χ1n) is 9.33. The summed E-state index contributed by atoms with van der Waals surface area (Å²) < 4.78 is 0. The minimum atomic E-state index is -0.543. The fraction of sp³-hybridized carbons (Fsp3) is 0.0909. The van der Waals surface area contributed by atoms with Gasteiger partial charge < -0.3 is 22.1 Å². The van der Waals surface area contributed by atoms with Crippen molar-refractivity contribution in [3.8, 4) is 0 Å². The Kier molecular flexibility index (Phi) is 6.84. The first-order chi connectivity index (χ1) is 14.8. The second-order valence-corrected chi connectivity index (χ2v) is 7.17. The van der Waals surface area contributed by atoms with Crippen LogP contribution in [0.3, 0.4) is 0 Å². The van der Waals surface area contributed by atoms with Crippen molar-refractivity contribution in [2.45, 2.75) is 13.1 Å². The maximum Gasteiger partial charge on any atom is 0.251 e. The summed E-state index contributed by atoms with van der Waals surface area (Å²) in [7, 11) is 0. The molecule has 31 heavy (non-hydrogen) atoms. The largest absolute Gasteiger partial charge is 0.384 e. The lowest BCUT2D eigenvalue weighted by Gasteiger charge is -2.15. The van der Waals surface area contributed by atoms with Crippen molar-refractivity contribution in [1.82, 2.24) is 10.3 Å². The highest BCUT2D eigenvalue weighted by molar-refractivity contribution is 6.30. The van der Waals surface area contributed by atoms with E-state index in [0.29, 0.717) is 39.6 Å². The Hall–Kier alpha value is -3.91. The molecule has 158 valence electrons. The zero-order chi connectivity index (χ0) is 22.4. The number of hydrogen-bond acceptors (Lipinski definition) is 5. The molecular formula is C22H21ClN6O2. The van der Waals surface area contributed by atoms with Gasteiger partial charge >= 0.3 is 0 Å². The molecule has 9 heteroatoms. The lowest BCUT2D eigenvalue weighted by molar-refractivity contribution is 0.0949. The molecule has 8 nitrogen and oxygen atoms in total. The van der Waals surface area contributed by atoms with Gasteiger partial charge in [0, 0.05) is 34.6 Å². The number of benzene rings is 2. The fourth-order valence-electron chi connectivity index (χ4n) is 2.83. The standard InChI is InChI=1S/C22H21ClN6O2/c23-17-3-1-2-14(8-17)22(31)29-10-15-5-4-13(20(24)25)9-19(15)28-12-18-7-6-16(11-27-18)21(26)30/h1-9,11,28H,10,12H2,(H3,24,25)(H2,26,30)(H,29,31). The maximum atomic E-state index is 12.4. The molecule has 7 N–H and O–H groups in total. The fourth-order valence-corrected chi connectivity index (χ4v) is 3.02. The van der Waals surface area contributed by atoms with Crippen LogP contribution in [0.25, 0.3) is 0 Å². The number of hydrogen-bond donors (Lipinski definition) is 5. The lowest BCUT2D eigenvalue weighted by Crippen LogP contribution is -2.23. The number of rotatable bonds is 8. The van der Waals surface area contributed by atoms with Crippen LogP contribution in [0.1, 0.15) is 37.5 Å². The number of carbonyl (C=O) groups excluding carboxylic acids is 2. The SMILES string of the molecule is N=C(N)c1ccc(CNC(=O)c2cccc(Cl)c2)c(NCc2ccc(C(N)=O)cn2)c1. The Morgan fingerprint density at radius 3 is 2.39 bits per heavy atom. The zero-order valence-electron chi connectivity index (χ0n) is 16.5. The number of aromatic nitrogens is 1. The normalized spacial score (nSPS) is 10.4. The topological polar surface area (TPSA) is 147 Å². The number of primary amides is 1. The molecule has 3 rings (SSSR count). The third kappa shape index (κ3) is 5.80. The summed E-state index contributed by atoms with van der Waals surface area (Å²) in [4.78, 5) is 27.8. The molecule has 0 unspecified atom stereocenters. The zero-order valence-corrected chi connectivity index (χ0v) is 17.2. The van der Waals surface area contributed by atoms with E-state index in [4.69, 9.17) is 28.5 Å². The van der Waals surface area contributed by atoms with Crippen molar-refractivity contribution in [3.63, 3.8) is 0 Å². The smallest absolute Gasteiger partial charge is 0.251 e. The molecule has 0 aliphatic carbocycles. The van der Waals surface area contributed by atoms with Gasteiger partial charge in [-0.15, -0.1) is 0 Å². The molecule has 2 aromatic carbocycles. The van der Waals surface area contributed by atoms with Crippen molar-refractivity contribution in [3.05, 3.63) is 93.8 Å². The molecule has 0 fully saturated rings. The van der Waals surface area contributed by atoms with E-state index in [-0.39, 0.29) is 18.3 Å². The summed E-state index contributed by atoms with van der Waals surface area (Å²) in [5, 5.41) is 14.3. The van der Waals surface area contributed by atoms with Crippen LogP contribution in [-0.4, -0.2) is 22.6 Å². The molecule has 2 amide bonds. The number of nitrogens with one attached hydrogen (secondary N) is 3. The highest BCUT2D eigenvalue weighted by Gasteiger charge is 2.10.